The first-order valence-corrected chi connectivity index (χ1v) is 5.89. The lowest BCUT2D eigenvalue weighted by atomic mass is 10.2. The zero-order valence-corrected chi connectivity index (χ0v) is 11.5. The molecule has 0 saturated carbocycles. The summed E-state index contributed by atoms with van der Waals surface area (Å²) in [5.41, 5.74) is 0.903. The molecule has 1 aliphatic heterocycles. The van der Waals surface area contributed by atoms with Crippen LogP contribution in [-0.4, -0.2) is 32.3 Å². The number of nitrogens with one attached hydrogen (secondary N) is 1. The van der Waals surface area contributed by atoms with Gasteiger partial charge in [-0.25, -0.2) is 4.79 Å². The SMILES string of the molecule is C=C1N=NC(=O)N/C1=N/N=C/c1cc(OC)ccc1OC. The van der Waals surface area contributed by atoms with Gasteiger partial charge in [-0.3, -0.25) is 5.32 Å². The lowest BCUT2D eigenvalue weighted by Crippen LogP contribution is -2.31. The van der Waals surface area contributed by atoms with E-state index in [1.54, 1.807) is 32.4 Å². The number of amides is 2. The van der Waals surface area contributed by atoms with Gasteiger partial charge < -0.3 is 9.47 Å². The molecule has 0 saturated heterocycles. The van der Waals surface area contributed by atoms with Crippen LogP contribution in [0.4, 0.5) is 4.79 Å². The molecule has 1 aromatic carbocycles. The van der Waals surface area contributed by atoms with Gasteiger partial charge in [-0.2, -0.15) is 5.10 Å². The molecule has 1 aliphatic rings. The van der Waals surface area contributed by atoms with Gasteiger partial charge in [0.15, 0.2) is 5.84 Å². The Labute approximate surface area is 120 Å². The van der Waals surface area contributed by atoms with Gasteiger partial charge in [-0.05, 0) is 18.2 Å². The number of carbonyl (C=O) groups is 1. The molecule has 1 aromatic rings. The minimum atomic E-state index is -0.615. The van der Waals surface area contributed by atoms with Crippen molar-refractivity contribution in [3.63, 3.8) is 0 Å². The predicted octanol–water partition coefficient (Wildman–Crippen LogP) is 2.13. The largest absolute Gasteiger partial charge is 0.497 e. The second-order valence-corrected chi connectivity index (χ2v) is 3.88. The van der Waals surface area contributed by atoms with E-state index in [4.69, 9.17) is 9.47 Å². The topological polar surface area (TPSA) is 97.0 Å². The summed E-state index contributed by atoms with van der Waals surface area (Å²) in [6, 6.07) is 4.65. The van der Waals surface area contributed by atoms with Crippen LogP contribution in [0.2, 0.25) is 0 Å². The van der Waals surface area contributed by atoms with Crippen molar-refractivity contribution in [1.82, 2.24) is 5.32 Å². The van der Waals surface area contributed by atoms with Crippen LogP contribution in [0.25, 0.3) is 0 Å². The lowest BCUT2D eigenvalue weighted by molar-refractivity contribution is 0.251. The molecule has 0 fully saturated rings. The second-order valence-electron chi connectivity index (χ2n) is 3.88. The summed E-state index contributed by atoms with van der Waals surface area (Å²) >= 11 is 0. The minimum Gasteiger partial charge on any atom is -0.497 e. The van der Waals surface area contributed by atoms with Crippen LogP contribution < -0.4 is 14.8 Å². The average Bonchev–Trinajstić information content (AvgIpc) is 2.50. The van der Waals surface area contributed by atoms with Gasteiger partial charge in [0, 0.05) is 5.56 Å². The first kappa shape index (κ1) is 14.4. The quantitative estimate of drug-likeness (QED) is 0.678. The van der Waals surface area contributed by atoms with Crippen LogP contribution >= 0.6 is 0 Å². The maximum absolute atomic E-state index is 11.1. The first-order chi connectivity index (χ1) is 10.1. The van der Waals surface area contributed by atoms with Crippen molar-refractivity contribution in [3.8, 4) is 11.5 Å². The number of hydrogen-bond donors (Lipinski definition) is 1. The number of hydrogen-bond acceptors (Lipinski definition) is 6. The third kappa shape index (κ3) is 3.50. The number of nitrogens with zero attached hydrogens (tertiary/aromatic N) is 4. The highest BCUT2D eigenvalue weighted by atomic mass is 16.5. The maximum Gasteiger partial charge on any atom is 0.365 e. The standard InChI is InChI=1S/C13H13N5O3/c1-8-12(15-13(19)18-16-8)17-14-7-9-6-10(20-2)4-5-11(9)21-3/h4-7H,1H2,2-3H3,(H,15,17,19)/b14-7+. The molecule has 1 heterocycles. The molecule has 0 spiro atoms. The number of benzene rings is 1. The van der Waals surface area contributed by atoms with Gasteiger partial charge in [0.2, 0.25) is 0 Å². The Balaban J connectivity index is 2.23. The number of azo groups is 1. The molecule has 2 amide bonds. The van der Waals surface area contributed by atoms with E-state index in [0.717, 1.165) is 0 Å². The van der Waals surface area contributed by atoms with Gasteiger partial charge in [-0.1, -0.05) is 11.7 Å². The molecule has 0 atom stereocenters. The van der Waals surface area contributed by atoms with Crippen LogP contribution in [0.5, 0.6) is 11.5 Å². The number of rotatable bonds is 4. The molecule has 0 bridgehead atoms. The molecule has 2 rings (SSSR count). The van der Waals surface area contributed by atoms with Crippen LogP contribution in [0.3, 0.4) is 0 Å². The summed E-state index contributed by atoms with van der Waals surface area (Å²) in [6.45, 7) is 3.59. The zero-order chi connectivity index (χ0) is 15.2. The predicted molar refractivity (Wildman–Crippen MR) is 77.1 cm³/mol. The number of amidine groups is 1. The van der Waals surface area contributed by atoms with E-state index in [1.807, 2.05) is 0 Å². The van der Waals surface area contributed by atoms with Gasteiger partial charge in [-0.15, -0.1) is 10.2 Å². The smallest absolute Gasteiger partial charge is 0.365 e. The fourth-order valence-electron chi connectivity index (χ4n) is 1.52. The number of ether oxygens (including phenoxy) is 2. The molecule has 0 aromatic heterocycles. The van der Waals surface area contributed by atoms with Crippen LogP contribution in [0.1, 0.15) is 5.56 Å². The normalized spacial score (nSPS) is 16.4. The molecule has 21 heavy (non-hydrogen) atoms. The summed E-state index contributed by atoms with van der Waals surface area (Å²) in [5, 5.41) is 16.9. The fourth-order valence-corrected chi connectivity index (χ4v) is 1.52. The van der Waals surface area contributed by atoms with Crippen LogP contribution in [0.15, 0.2) is 50.9 Å². The van der Waals surface area contributed by atoms with Crippen molar-refractivity contribution in [2.45, 2.75) is 0 Å². The average molecular weight is 287 g/mol. The summed E-state index contributed by atoms with van der Waals surface area (Å²) in [7, 11) is 3.12. The molecule has 8 heteroatoms. The van der Waals surface area contributed by atoms with E-state index < -0.39 is 6.03 Å². The number of carbonyl (C=O) groups excluding carboxylic acids is 1. The van der Waals surface area contributed by atoms with Crippen molar-refractivity contribution in [3.05, 3.63) is 36.0 Å². The Morgan fingerprint density at radius 2 is 2.10 bits per heavy atom. The molecular weight excluding hydrogens is 274 g/mol. The molecule has 1 N–H and O–H groups in total. The minimum absolute atomic E-state index is 0.146. The van der Waals surface area contributed by atoms with Crippen molar-refractivity contribution < 1.29 is 14.3 Å². The lowest BCUT2D eigenvalue weighted by Gasteiger charge is -2.07. The fraction of sp³-hybridized carbons (Fsp3) is 0.154. The van der Waals surface area contributed by atoms with E-state index in [-0.39, 0.29) is 11.5 Å². The monoisotopic (exact) mass is 287 g/mol. The molecule has 0 unspecified atom stereocenters. The van der Waals surface area contributed by atoms with Gasteiger partial charge in [0.1, 0.15) is 17.2 Å². The van der Waals surface area contributed by atoms with E-state index in [2.05, 4.69) is 32.3 Å². The molecule has 0 radical (unpaired) electrons. The summed E-state index contributed by atoms with van der Waals surface area (Å²) in [4.78, 5) is 11.1. The van der Waals surface area contributed by atoms with Crippen molar-refractivity contribution >= 4 is 18.1 Å². The Bertz CT molecular complexity index is 664. The van der Waals surface area contributed by atoms with Gasteiger partial charge in [0.05, 0.1) is 20.4 Å². The second kappa shape index (κ2) is 6.42. The van der Waals surface area contributed by atoms with Crippen LogP contribution in [-0.2, 0) is 0 Å². The highest BCUT2D eigenvalue weighted by Crippen LogP contribution is 2.22. The summed E-state index contributed by atoms with van der Waals surface area (Å²) < 4.78 is 10.3. The third-order valence-corrected chi connectivity index (χ3v) is 2.55. The first-order valence-electron chi connectivity index (χ1n) is 5.89. The Morgan fingerprint density at radius 3 is 2.81 bits per heavy atom. The summed E-state index contributed by atoms with van der Waals surface area (Å²) in [5.74, 6) is 1.42. The molecule has 8 nitrogen and oxygen atoms in total. The van der Waals surface area contributed by atoms with Crippen molar-refractivity contribution in [2.75, 3.05) is 14.2 Å². The Morgan fingerprint density at radius 1 is 1.29 bits per heavy atom. The van der Waals surface area contributed by atoms with Crippen molar-refractivity contribution in [2.24, 2.45) is 20.4 Å². The number of methoxy groups -OCH3 is 2. The van der Waals surface area contributed by atoms with E-state index >= 15 is 0 Å². The van der Waals surface area contributed by atoms with E-state index in [0.29, 0.717) is 17.1 Å². The van der Waals surface area contributed by atoms with Crippen LogP contribution in [0, 0.1) is 0 Å². The highest BCUT2D eigenvalue weighted by molar-refractivity contribution is 6.08. The highest BCUT2D eigenvalue weighted by Gasteiger charge is 2.14. The maximum atomic E-state index is 11.1. The van der Waals surface area contributed by atoms with E-state index in [1.165, 1.54) is 6.21 Å². The molecule has 108 valence electrons. The third-order valence-electron chi connectivity index (χ3n) is 2.55. The molecule has 0 aliphatic carbocycles. The molecular formula is C13H13N5O3. The Hall–Kier alpha value is -3.03. The zero-order valence-electron chi connectivity index (χ0n) is 11.5. The van der Waals surface area contributed by atoms with Crippen molar-refractivity contribution in [1.29, 1.82) is 0 Å². The van der Waals surface area contributed by atoms with Gasteiger partial charge >= 0.3 is 6.03 Å². The van der Waals surface area contributed by atoms with Gasteiger partial charge in [0.25, 0.3) is 0 Å². The Kier molecular flexibility index (Phi) is 4.39. The number of urea groups is 1. The summed E-state index contributed by atoms with van der Waals surface area (Å²) in [6.07, 6.45) is 1.47. The van der Waals surface area contributed by atoms with E-state index in [9.17, 15) is 4.79 Å².